The smallest absolute Gasteiger partial charge is 0.306 e. The van der Waals surface area contributed by atoms with Crippen molar-refractivity contribution < 1.29 is 28.6 Å². The van der Waals surface area contributed by atoms with Gasteiger partial charge < -0.3 is 14.2 Å². The third-order valence-electron chi connectivity index (χ3n) is 13.8. The van der Waals surface area contributed by atoms with Crippen LogP contribution in [0.4, 0.5) is 0 Å². The van der Waals surface area contributed by atoms with E-state index in [0.29, 0.717) is 19.3 Å². The maximum Gasteiger partial charge on any atom is 0.306 e. The minimum atomic E-state index is -0.829. The van der Waals surface area contributed by atoms with Gasteiger partial charge in [-0.1, -0.05) is 289 Å². The van der Waals surface area contributed by atoms with Crippen LogP contribution in [0.1, 0.15) is 290 Å². The van der Waals surface area contributed by atoms with Gasteiger partial charge in [-0.05, 0) is 128 Å². The standard InChI is InChI=1S/C75H122O6/c1-4-7-10-13-16-19-22-25-28-30-32-33-34-35-36-37-38-39-40-41-43-44-47-50-53-56-59-62-65-68-74(77)80-71-72(70-79-73(76)67-64-61-58-55-52-49-46-27-24-21-18-15-12-9-6-3)81-75(78)69-66-63-60-57-54-51-48-45-42-31-29-26-23-20-17-14-11-8-5-2/h7-8,10-11,16-17,19-20,25-29,32-33,35-36,42,45-46,51,54,60,63,72H,4-6,9,12-15,18,21-24,30-31,34,37-41,43-44,47-50,52-53,55-59,61-62,64-71H2,1-3H3/b10-7-,11-8-,19-16-,20-17-,28-25-,29-26-,33-32-,36-35-,45-42-,46-27-,54-51-,63-60-. The molecule has 0 aromatic rings. The van der Waals surface area contributed by atoms with Crippen LogP contribution in [-0.2, 0) is 28.6 Å². The van der Waals surface area contributed by atoms with Crippen LogP contribution in [0.25, 0.3) is 0 Å². The topological polar surface area (TPSA) is 78.9 Å². The number of unbranched alkanes of at least 4 members (excludes halogenated alkanes) is 24. The Labute approximate surface area is 499 Å². The summed E-state index contributed by atoms with van der Waals surface area (Å²) >= 11 is 0. The van der Waals surface area contributed by atoms with Crippen LogP contribution in [0.3, 0.4) is 0 Å². The monoisotopic (exact) mass is 1120 g/mol. The third kappa shape index (κ3) is 66.0. The van der Waals surface area contributed by atoms with Crippen molar-refractivity contribution >= 4 is 17.9 Å². The van der Waals surface area contributed by atoms with E-state index in [1.165, 1.54) is 122 Å². The summed E-state index contributed by atoms with van der Waals surface area (Å²) < 4.78 is 16.9. The Morgan fingerprint density at radius 3 is 0.815 bits per heavy atom. The van der Waals surface area contributed by atoms with Gasteiger partial charge in [0.15, 0.2) is 6.10 Å². The van der Waals surface area contributed by atoms with Gasteiger partial charge in [-0.25, -0.2) is 0 Å². The predicted octanol–water partition coefficient (Wildman–Crippen LogP) is 23.1. The zero-order valence-corrected chi connectivity index (χ0v) is 52.5. The van der Waals surface area contributed by atoms with Crippen LogP contribution in [0.5, 0.6) is 0 Å². The molecular formula is C75H122O6. The molecule has 458 valence electrons. The second-order valence-corrected chi connectivity index (χ2v) is 21.6. The molecule has 0 saturated heterocycles. The van der Waals surface area contributed by atoms with E-state index in [-0.39, 0.29) is 31.6 Å². The van der Waals surface area contributed by atoms with Crippen LogP contribution in [0.2, 0.25) is 0 Å². The van der Waals surface area contributed by atoms with Gasteiger partial charge >= 0.3 is 17.9 Å². The Kier molecular flexibility index (Phi) is 63.9. The van der Waals surface area contributed by atoms with Gasteiger partial charge in [0.2, 0.25) is 0 Å². The molecule has 0 fully saturated rings. The van der Waals surface area contributed by atoms with E-state index in [2.05, 4.69) is 161 Å². The zero-order valence-electron chi connectivity index (χ0n) is 52.5. The fraction of sp³-hybridized carbons (Fsp3) is 0.640. The van der Waals surface area contributed by atoms with Crippen LogP contribution in [-0.4, -0.2) is 37.2 Å². The van der Waals surface area contributed by atoms with Crippen molar-refractivity contribution in [3.63, 3.8) is 0 Å². The van der Waals surface area contributed by atoms with Crippen molar-refractivity contribution in [1.29, 1.82) is 0 Å². The fourth-order valence-corrected chi connectivity index (χ4v) is 8.90. The second-order valence-electron chi connectivity index (χ2n) is 21.6. The molecule has 0 aliphatic carbocycles. The Bertz CT molecular complexity index is 1760. The number of hydrogen-bond acceptors (Lipinski definition) is 6. The molecule has 0 bridgehead atoms. The molecule has 0 aliphatic rings. The first-order chi connectivity index (χ1) is 40.0. The molecule has 6 nitrogen and oxygen atoms in total. The van der Waals surface area contributed by atoms with Crippen molar-refractivity contribution in [3.8, 4) is 0 Å². The number of esters is 3. The van der Waals surface area contributed by atoms with Crippen molar-refractivity contribution in [2.75, 3.05) is 13.2 Å². The van der Waals surface area contributed by atoms with Crippen LogP contribution >= 0.6 is 0 Å². The van der Waals surface area contributed by atoms with Gasteiger partial charge in [0, 0.05) is 19.3 Å². The number of carbonyl (C=O) groups is 3. The summed E-state index contributed by atoms with van der Waals surface area (Å²) in [7, 11) is 0. The quantitative estimate of drug-likeness (QED) is 0.0261. The molecule has 0 spiro atoms. The van der Waals surface area contributed by atoms with E-state index >= 15 is 0 Å². The summed E-state index contributed by atoms with van der Waals surface area (Å²) in [6, 6.07) is 0. The van der Waals surface area contributed by atoms with Gasteiger partial charge in [-0.2, -0.15) is 0 Å². The van der Waals surface area contributed by atoms with Crippen LogP contribution < -0.4 is 0 Å². The number of carbonyl (C=O) groups excluding carboxylic acids is 3. The molecule has 0 amide bonds. The van der Waals surface area contributed by atoms with Crippen molar-refractivity contribution in [2.45, 2.75) is 297 Å². The molecule has 0 aromatic carbocycles. The third-order valence-corrected chi connectivity index (χ3v) is 13.8. The molecule has 81 heavy (non-hydrogen) atoms. The van der Waals surface area contributed by atoms with E-state index in [1.54, 1.807) is 0 Å². The van der Waals surface area contributed by atoms with E-state index < -0.39 is 12.1 Å². The number of rotatable bonds is 59. The Morgan fingerprint density at radius 1 is 0.259 bits per heavy atom. The first-order valence-corrected chi connectivity index (χ1v) is 33.3. The zero-order chi connectivity index (χ0) is 58.5. The number of hydrogen-bond donors (Lipinski definition) is 0. The van der Waals surface area contributed by atoms with Crippen molar-refractivity contribution in [3.05, 3.63) is 146 Å². The summed E-state index contributed by atoms with van der Waals surface area (Å²) in [6.45, 7) is 6.35. The lowest BCUT2D eigenvalue weighted by Gasteiger charge is -2.18. The largest absolute Gasteiger partial charge is 0.462 e. The molecule has 1 atom stereocenters. The Balaban J connectivity index is 4.40. The maximum absolute atomic E-state index is 12.9. The molecule has 0 heterocycles. The maximum atomic E-state index is 12.9. The first kappa shape index (κ1) is 76.3. The molecule has 0 N–H and O–H groups in total. The van der Waals surface area contributed by atoms with Gasteiger partial charge in [-0.3, -0.25) is 14.4 Å². The normalized spacial score (nSPS) is 13.1. The SMILES string of the molecule is CC/C=C\C/C=C\C/C=C\C/C=C\C/C=C\C/C=C\CCC(=O)OC(COC(=O)CCCCCCC/C=C\CCCCCCCC)COC(=O)CCCCCCCCCCCCCCC/C=C\C/C=C\C/C=C\C/C=C\C/C=C\CC. The highest BCUT2D eigenvalue weighted by molar-refractivity contribution is 5.71. The fourth-order valence-electron chi connectivity index (χ4n) is 8.90. The van der Waals surface area contributed by atoms with Gasteiger partial charge in [0.25, 0.3) is 0 Å². The molecule has 0 aromatic heterocycles. The van der Waals surface area contributed by atoms with Crippen molar-refractivity contribution in [1.82, 2.24) is 0 Å². The van der Waals surface area contributed by atoms with Gasteiger partial charge in [0.1, 0.15) is 13.2 Å². The van der Waals surface area contributed by atoms with E-state index in [9.17, 15) is 14.4 Å². The molecular weight excluding hydrogens is 997 g/mol. The summed E-state index contributed by atoms with van der Waals surface area (Å²) in [4.78, 5) is 38.3. The molecule has 0 radical (unpaired) electrons. The van der Waals surface area contributed by atoms with Crippen molar-refractivity contribution in [2.24, 2.45) is 0 Å². The Morgan fingerprint density at radius 2 is 0.506 bits per heavy atom. The lowest BCUT2D eigenvalue weighted by molar-refractivity contribution is -0.166. The minimum Gasteiger partial charge on any atom is -0.462 e. The predicted molar refractivity (Wildman–Crippen MR) is 352 cm³/mol. The lowest BCUT2D eigenvalue weighted by Crippen LogP contribution is -2.30. The van der Waals surface area contributed by atoms with Gasteiger partial charge in [-0.15, -0.1) is 0 Å². The second kappa shape index (κ2) is 67.8. The number of allylic oxidation sites excluding steroid dienone is 24. The molecule has 0 saturated carbocycles. The van der Waals surface area contributed by atoms with Crippen LogP contribution in [0, 0.1) is 0 Å². The summed E-state index contributed by atoms with van der Waals surface area (Å²) in [6.07, 6.45) is 97.3. The first-order valence-electron chi connectivity index (χ1n) is 33.3. The Hall–Kier alpha value is -4.71. The molecule has 6 heteroatoms. The van der Waals surface area contributed by atoms with E-state index in [1.807, 2.05) is 6.08 Å². The highest BCUT2D eigenvalue weighted by Gasteiger charge is 2.19. The molecule has 0 aliphatic heterocycles. The minimum absolute atomic E-state index is 0.115. The molecule has 0 rings (SSSR count). The highest BCUT2D eigenvalue weighted by Crippen LogP contribution is 2.15. The molecule has 1 unspecified atom stereocenters. The average Bonchev–Trinajstić information content (AvgIpc) is 3.47. The summed E-state index contributed by atoms with van der Waals surface area (Å²) in [5.41, 5.74) is 0. The van der Waals surface area contributed by atoms with E-state index in [4.69, 9.17) is 14.2 Å². The average molecular weight is 1120 g/mol. The van der Waals surface area contributed by atoms with Crippen LogP contribution in [0.15, 0.2) is 146 Å². The summed E-state index contributed by atoms with van der Waals surface area (Å²) in [5, 5.41) is 0. The number of ether oxygens (including phenoxy) is 3. The lowest BCUT2D eigenvalue weighted by atomic mass is 10.0. The van der Waals surface area contributed by atoms with Gasteiger partial charge in [0.05, 0.1) is 0 Å². The summed E-state index contributed by atoms with van der Waals surface area (Å²) in [5.74, 6) is -1.01. The highest BCUT2D eigenvalue weighted by atomic mass is 16.6. The van der Waals surface area contributed by atoms with E-state index in [0.717, 1.165) is 122 Å².